The average molecular weight is 272 g/mol. The molecule has 106 valence electrons. The van der Waals surface area contributed by atoms with E-state index in [0.29, 0.717) is 6.04 Å². The van der Waals surface area contributed by atoms with Crippen LogP contribution in [-0.4, -0.2) is 51.3 Å². The second kappa shape index (κ2) is 5.58. The summed E-state index contributed by atoms with van der Waals surface area (Å²) in [6.45, 7) is 4.41. The van der Waals surface area contributed by atoms with Crippen LogP contribution in [0.25, 0.3) is 5.69 Å². The van der Waals surface area contributed by atoms with E-state index < -0.39 is 0 Å². The molecular weight excluding hydrogens is 252 g/mol. The number of piperidine rings is 1. The Kier molecular flexibility index (Phi) is 3.64. The molecule has 6 heteroatoms. The Labute approximate surface area is 118 Å². The molecule has 1 N–H and O–H groups in total. The van der Waals surface area contributed by atoms with E-state index in [0.717, 1.165) is 11.3 Å². The fraction of sp³-hybridized carbons (Fsp3) is 0.500. The topological polar surface area (TPSA) is 58.9 Å². The van der Waals surface area contributed by atoms with Crippen molar-refractivity contribution in [2.24, 2.45) is 0 Å². The molecule has 1 saturated heterocycles. The normalized spacial score (nSPS) is 17.3. The van der Waals surface area contributed by atoms with Gasteiger partial charge in [-0.1, -0.05) is 0 Å². The van der Waals surface area contributed by atoms with Gasteiger partial charge in [-0.05, 0) is 74.1 Å². The van der Waals surface area contributed by atoms with Crippen molar-refractivity contribution in [3.05, 3.63) is 30.1 Å². The molecule has 3 rings (SSSR count). The van der Waals surface area contributed by atoms with E-state index in [1.165, 1.54) is 31.6 Å². The summed E-state index contributed by atoms with van der Waals surface area (Å²) < 4.78 is 1.69. The molecule has 0 bridgehead atoms. The number of rotatable bonds is 3. The van der Waals surface area contributed by atoms with E-state index in [1.807, 2.05) is 0 Å². The maximum Gasteiger partial charge on any atom is 0.143 e. The van der Waals surface area contributed by atoms with Crippen LogP contribution >= 0.6 is 0 Å². The van der Waals surface area contributed by atoms with E-state index >= 15 is 0 Å². The summed E-state index contributed by atoms with van der Waals surface area (Å²) in [5.41, 5.74) is 3.35. The quantitative estimate of drug-likeness (QED) is 0.917. The van der Waals surface area contributed by atoms with Crippen LogP contribution < -0.4 is 5.32 Å². The number of hydrogen-bond donors (Lipinski definition) is 1. The van der Waals surface area contributed by atoms with Crippen LogP contribution in [0.3, 0.4) is 0 Å². The second-order valence-corrected chi connectivity index (χ2v) is 5.48. The van der Waals surface area contributed by atoms with Gasteiger partial charge >= 0.3 is 0 Å². The summed E-state index contributed by atoms with van der Waals surface area (Å²) in [7, 11) is 2.18. The third-order valence-corrected chi connectivity index (χ3v) is 3.88. The van der Waals surface area contributed by atoms with Crippen molar-refractivity contribution in [2.75, 3.05) is 25.5 Å². The van der Waals surface area contributed by atoms with Gasteiger partial charge in [-0.3, -0.25) is 0 Å². The van der Waals surface area contributed by atoms with Crippen molar-refractivity contribution in [1.82, 2.24) is 25.1 Å². The number of benzene rings is 1. The van der Waals surface area contributed by atoms with Crippen LogP contribution in [0.1, 0.15) is 18.4 Å². The van der Waals surface area contributed by atoms with E-state index in [4.69, 9.17) is 0 Å². The molecule has 0 amide bonds. The third-order valence-electron chi connectivity index (χ3n) is 3.88. The Bertz CT molecular complexity index is 557. The first-order valence-electron chi connectivity index (χ1n) is 7.01. The van der Waals surface area contributed by atoms with Crippen LogP contribution in [0.5, 0.6) is 0 Å². The smallest absolute Gasteiger partial charge is 0.143 e. The lowest BCUT2D eigenvalue weighted by Crippen LogP contribution is -2.36. The molecule has 0 aliphatic carbocycles. The van der Waals surface area contributed by atoms with Gasteiger partial charge in [0.15, 0.2) is 0 Å². The first kappa shape index (κ1) is 13.1. The number of nitrogens with one attached hydrogen (secondary N) is 1. The molecule has 1 aromatic carbocycles. The highest BCUT2D eigenvalue weighted by Crippen LogP contribution is 2.20. The number of hydrogen-bond acceptors (Lipinski definition) is 5. The lowest BCUT2D eigenvalue weighted by Gasteiger charge is -2.30. The van der Waals surface area contributed by atoms with Crippen LogP contribution in [0.4, 0.5) is 5.69 Å². The van der Waals surface area contributed by atoms with Crippen LogP contribution in [0.2, 0.25) is 0 Å². The number of tetrazole rings is 1. The van der Waals surface area contributed by atoms with Crippen molar-refractivity contribution < 1.29 is 0 Å². The van der Waals surface area contributed by atoms with E-state index in [9.17, 15) is 0 Å². The number of aryl methyl sites for hydroxylation is 1. The summed E-state index contributed by atoms with van der Waals surface area (Å²) >= 11 is 0. The van der Waals surface area contributed by atoms with Gasteiger partial charge in [0.05, 0.1) is 5.69 Å². The largest absolute Gasteiger partial charge is 0.382 e. The van der Waals surface area contributed by atoms with Gasteiger partial charge in [0, 0.05) is 11.7 Å². The van der Waals surface area contributed by atoms with Gasteiger partial charge < -0.3 is 10.2 Å². The lowest BCUT2D eigenvalue weighted by atomic mass is 10.0. The minimum absolute atomic E-state index is 0.574. The summed E-state index contributed by atoms with van der Waals surface area (Å²) in [6, 6.07) is 6.89. The molecule has 20 heavy (non-hydrogen) atoms. The predicted octanol–water partition coefficient (Wildman–Crippen LogP) is 1.48. The zero-order valence-electron chi connectivity index (χ0n) is 12.0. The van der Waals surface area contributed by atoms with Crippen molar-refractivity contribution in [2.45, 2.75) is 25.8 Å². The first-order chi connectivity index (χ1) is 9.72. The SMILES string of the molecule is Cc1cc(NC2CCN(C)CC2)ccc1-n1cnnn1. The molecule has 0 unspecified atom stereocenters. The summed E-state index contributed by atoms with van der Waals surface area (Å²) in [5, 5.41) is 14.9. The lowest BCUT2D eigenvalue weighted by molar-refractivity contribution is 0.264. The summed E-state index contributed by atoms with van der Waals surface area (Å²) in [5.74, 6) is 0. The fourth-order valence-electron chi connectivity index (χ4n) is 2.66. The Morgan fingerprint density at radius 2 is 2.05 bits per heavy atom. The molecule has 0 spiro atoms. The molecule has 2 heterocycles. The minimum Gasteiger partial charge on any atom is -0.382 e. The van der Waals surface area contributed by atoms with Gasteiger partial charge in [-0.15, -0.1) is 5.10 Å². The maximum absolute atomic E-state index is 3.93. The van der Waals surface area contributed by atoms with Crippen molar-refractivity contribution in [3.8, 4) is 5.69 Å². The minimum atomic E-state index is 0.574. The molecular formula is C14H20N6. The first-order valence-corrected chi connectivity index (χ1v) is 7.01. The van der Waals surface area contributed by atoms with E-state index in [1.54, 1.807) is 11.0 Å². The monoisotopic (exact) mass is 272 g/mol. The van der Waals surface area contributed by atoms with Crippen LogP contribution in [0.15, 0.2) is 24.5 Å². The van der Waals surface area contributed by atoms with E-state index in [-0.39, 0.29) is 0 Å². The van der Waals surface area contributed by atoms with Crippen molar-refractivity contribution in [1.29, 1.82) is 0 Å². The molecule has 1 fully saturated rings. The molecule has 1 aliphatic heterocycles. The van der Waals surface area contributed by atoms with Gasteiger partial charge in [0.1, 0.15) is 6.33 Å². The van der Waals surface area contributed by atoms with Crippen LogP contribution in [0, 0.1) is 6.92 Å². The van der Waals surface area contributed by atoms with Gasteiger partial charge in [0.25, 0.3) is 0 Å². The zero-order valence-corrected chi connectivity index (χ0v) is 12.0. The van der Waals surface area contributed by atoms with Crippen molar-refractivity contribution in [3.63, 3.8) is 0 Å². The third kappa shape index (κ3) is 2.80. The Hall–Kier alpha value is -1.95. The highest BCUT2D eigenvalue weighted by molar-refractivity contribution is 5.53. The molecule has 0 radical (unpaired) electrons. The van der Waals surface area contributed by atoms with Gasteiger partial charge in [0.2, 0.25) is 0 Å². The predicted molar refractivity (Wildman–Crippen MR) is 78.0 cm³/mol. The second-order valence-electron chi connectivity index (χ2n) is 5.48. The molecule has 1 aromatic heterocycles. The molecule has 0 atom stereocenters. The molecule has 2 aromatic rings. The molecule has 1 aliphatic rings. The average Bonchev–Trinajstić information content (AvgIpc) is 2.95. The summed E-state index contributed by atoms with van der Waals surface area (Å²) in [4.78, 5) is 2.38. The number of aromatic nitrogens is 4. The Balaban J connectivity index is 1.71. The standard InChI is InChI=1S/C14H20N6/c1-11-9-13(16-12-5-7-19(2)8-6-12)3-4-14(11)20-10-15-17-18-20/h3-4,9-10,12,16H,5-8H2,1-2H3. The van der Waals surface area contributed by atoms with Gasteiger partial charge in [-0.25, -0.2) is 4.68 Å². The van der Waals surface area contributed by atoms with Crippen molar-refractivity contribution >= 4 is 5.69 Å². The number of anilines is 1. The zero-order chi connectivity index (χ0) is 13.9. The highest BCUT2D eigenvalue weighted by atomic mass is 15.5. The number of nitrogens with zero attached hydrogens (tertiary/aromatic N) is 5. The molecule has 6 nitrogen and oxygen atoms in total. The fourth-order valence-corrected chi connectivity index (χ4v) is 2.66. The summed E-state index contributed by atoms with van der Waals surface area (Å²) in [6.07, 6.45) is 4.01. The Morgan fingerprint density at radius 1 is 1.25 bits per heavy atom. The van der Waals surface area contributed by atoms with Crippen LogP contribution in [-0.2, 0) is 0 Å². The molecule has 0 saturated carbocycles. The number of likely N-dealkylation sites (tertiary alicyclic amines) is 1. The highest BCUT2D eigenvalue weighted by Gasteiger charge is 2.16. The Morgan fingerprint density at radius 3 is 2.70 bits per heavy atom. The van der Waals surface area contributed by atoms with E-state index in [2.05, 4.69) is 57.9 Å². The maximum atomic E-state index is 3.93. The van der Waals surface area contributed by atoms with Gasteiger partial charge in [-0.2, -0.15) is 0 Å².